The second-order valence-corrected chi connectivity index (χ2v) is 5.34. The average molecular weight is 263 g/mol. The lowest BCUT2D eigenvalue weighted by Crippen LogP contribution is -2.33. The van der Waals surface area contributed by atoms with Crippen LogP contribution in [-0.4, -0.2) is 30.0 Å². The molecule has 1 heterocycles. The van der Waals surface area contributed by atoms with Crippen molar-refractivity contribution in [2.45, 2.75) is 26.3 Å². The zero-order chi connectivity index (χ0) is 13.8. The first-order valence-corrected chi connectivity index (χ1v) is 6.77. The number of nitrogens with zero attached hydrogens (tertiary/aromatic N) is 2. The number of nitrogens with one attached hydrogen (secondary N) is 1. The Bertz CT molecular complexity index is 462. The van der Waals surface area contributed by atoms with Crippen LogP contribution in [0.4, 0.5) is 11.4 Å². The lowest BCUT2D eigenvalue weighted by Gasteiger charge is -2.30. The highest BCUT2D eigenvalue weighted by molar-refractivity contribution is 5.62. The second kappa shape index (κ2) is 6.02. The molecular formula is C14H21N3O2. The van der Waals surface area contributed by atoms with Gasteiger partial charge in [-0.2, -0.15) is 0 Å². The Labute approximate surface area is 113 Å². The fourth-order valence-electron chi connectivity index (χ4n) is 2.73. The monoisotopic (exact) mass is 263 g/mol. The van der Waals surface area contributed by atoms with E-state index in [1.807, 2.05) is 6.07 Å². The first-order chi connectivity index (χ1) is 9.10. The molecule has 1 fully saturated rings. The predicted molar refractivity (Wildman–Crippen MR) is 76.3 cm³/mol. The molecule has 0 amide bonds. The van der Waals surface area contributed by atoms with E-state index in [0.29, 0.717) is 5.69 Å². The molecule has 0 aliphatic carbocycles. The molecule has 1 aromatic carbocycles. The zero-order valence-corrected chi connectivity index (χ0v) is 11.6. The highest BCUT2D eigenvalue weighted by Gasteiger charge is 2.18. The molecule has 1 unspecified atom stereocenters. The predicted octanol–water partition coefficient (Wildman–Crippen LogP) is 2.87. The molecule has 5 heteroatoms. The number of benzene rings is 1. The fourth-order valence-corrected chi connectivity index (χ4v) is 2.73. The van der Waals surface area contributed by atoms with Crippen LogP contribution < -0.4 is 5.32 Å². The molecule has 1 aliphatic heterocycles. The van der Waals surface area contributed by atoms with Crippen molar-refractivity contribution in [2.24, 2.45) is 5.92 Å². The van der Waals surface area contributed by atoms with Crippen molar-refractivity contribution < 1.29 is 4.92 Å². The van der Waals surface area contributed by atoms with E-state index in [1.165, 1.54) is 12.8 Å². The van der Waals surface area contributed by atoms with Crippen molar-refractivity contribution in [2.75, 3.05) is 25.5 Å². The molecular weight excluding hydrogens is 242 g/mol. The summed E-state index contributed by atoms with van der Waals surface area (Å²) in [4.78, 5) is 13.1. The third-order valence-corrected chi connectivity index (χ3v) is 3.68. The Morgan fingerprint density at radius 3 is 2.95 bits per heavy atom. The summed E-state index contributed by atoms with van der Waals surface area (Å²) in [6.45, 7) is 5.24. The molecule has 5 nitrogen and oxygen atoms in total. The van der Waals surface area contributed by atoms with Gasteiger partial charge in [-0.15, -0.1) is 0 Å². The summed E-state index contributed by atoms with van der Waals surface area (Å²) in [5, 5.41) is 13.9. The van der Waals surface area contributed by atoms with Crippen LogP contribution in [0.3, 0.4) is 0 Å². The molecule has 0 spiro atoms. The smallest absolute Gasteiger partial charge is 0.292 e. The Hall–Kier alpha value is -1.62. The van der Waals surface area contributed by atoms with E-state index < -0.39 is 0 Å². The van der Waals surface area contributed by atoms with Crippen LogP contribution in [0.15, 0.2) is 18.2 Å². The number of nitro benzene ring substituents is 1. The maximum absolute atomic E-state index is 11.0. The lowest BCUT2D eigenvalue weighted by atomic mass is 10.00. The van der Waals surface area contributed by atoms with Gasteiger partial charge in [-0.1, -0.05) is 13.0 Å². The quantitative estimate of drug-likeness (QED) is 0.670. The van der Waals surface area contributed by atoms with E-state index in [0.717, 1.165) is 31.1 Å². The van der Waals surface area contributed by atoms with Gasteiger partial charge in [0.25, 0.3) is 5.69 Å². The summed E-state index contributed by atoms with van der Waals surface area (Å²) in [6.07, 6.45) is 2.51. The molecule has 19 heavy (non-hydrogen) atoms. The third kappa shape index (κ3) is 3.44. The normalized spacial score (nSPS) is 20.2. The third-order valence-electron chi connectivity index (χ3n) is 3.68. The van der Waals surface area contributed by atoms with E-state index in [4.69, 9.17) is 0 Å². The van der Waals surface area contributed by atoms with Gasteiger partial charge in [0.15, 0.2) is 0 Å². The van der Waals surface area contributed by atoms with E-state index in [2.05, 4.69) is 17.1 Å². The highest BCUT2D eigenvalue weighted by atomic mass is 16.6. The van der Waals surface area contributed by atoms with Crippen molar-refractivity contribution in [1.29, 1.82) is 0 Å². The number of likely N-dealkylation sites (tertiary alicyclic amines) is 1. The Balaban J connectivity index is 2.12. The van der Waals surface area contributed by atoms with Gasteiger partial charge in [-0.25, -0.2) is 0 Å². The molecule has 0 aromatic heterocycles. The summed E-state index contributed by atoms with van der Waals surface area (Å²) in [5.74, 6) is 0.723. The van der Waals surface area contributed by atoms with E-state index in [-0.39, 0.29) is 10.6 Å². The number of hydrogen-bond acceptors (Lipinski definition) is 4. The van der Waals surface area contributed by atoms with Gasteiger partial charge < -0.3 is 5.32 Å². The van der Waals surface area contributed by atoms with Gasteiger partial charge in [0.05, 0.1) is 4.92 Å². The van der Waals surface area contributed by atoms with Crippen molar-refractivity contribution in [3.8, 4) is 0 Å². The lowest BCUT2D eigenvalue weighted by molar-refractivity contribution is -0.384. The van der Waals surface area contributed by atoms with Gasteiger partial charge in [-0.05, 0) is 36.9 Å². The molecule has 1 saturated heterocycles. The first kappa shape index (κ1) is 13.8. The minimum absolute atomic E-state index is 0.157. The molecule has 2 rings (SSSR count). The van der Waals surface area contributed by atoms with Gasteiger partial charge in [0, 0.05) is 26.2 Å². The maximum atomic E-state index is 11.0. The molecule has 1 N–H and O–H groups in total. The Morgan fingerprint density at radius 1 is 1.53 bits per heavy atom. The summed E-state index contributed by atoms with van der Waals surface area (Å²) >= 11 is 0. The molecule has 0 bridgehead atoms. The van der Waals surface area contributed by atoms with Gasteiger partial charge in [-0.3, -0.25) is 15.0 Å². The van der Waals surface area contributed by atoms with Crippen molar-refractivity contribution in [3.05, 3.63) is 33.9 Å². The van der Waals surface area contributed by atoms with Crippen LogP contribution in [0.25, 0.3) is 0 Å². The van der Waals surface area contributed by atoms with Crippen LogP contribution in [0, 0.1) is 16.0 Å². The van der Waals surface area contributed by atoms with Crippen molar-refractivity contribution >= 4 is 11.4 Å². The standard InChI is InChI=1S/C14H21N3O2/c1-11-4-3-7-16(9-11)10-12-5-6-13(15-2)14(8-12)17(18)19/h5-6,8,11,15H,3-4,7,9-10H2,1-2H3. The summed E-state index contributed by atoms with van der Waals surface area (Å²) < 4.78 is 0. The van der Waals surface area contributed by atoms with Crippen LogP contribution in [-0.2, 0) is 6.54 Å². The summed E-state index contributed by atoms with van der Waals surface area (Å²) in [5.41, 5.74) is 1.74. The fraction of sp³-hybridized carbons (Fsp3) is 0.571. The number of hydrogen-bond donors (Lipinski definition) is 1. The van der Waals surface area contributed by atoms with Crippen LogP contribution in [0.2, 0.25) is 0 Å². The first-order valence-electron chi connectivity index (χ1n) is 6.77. The SMILES string of the molecule is CNc1ccc(CN2CCCC(C)C2)cc1[N+](=O)[O-]. The minimum Gasteiger partial charge on any atom is -0.383 e. The minimum atomic E-state index is -0.325. The van der Waals surface area contributed by atoms with Crippen LogP contribution in [0.5, 0.6) is 0 Å². The largest absolute Gasteiger partial charge is 0.383 e. The Kier molecular flexibility index (Phi) is 4.37. The molecule has 104 valence electrons. The highest BCUT2D eigenvalue weighted by Crippen LogP contribution is 2.26. The number of anilines is 1. The molecule has 0 saturated carbocycles. The van der Waals surface area contributed by atoms with Crippen LogP contribution in [0.1, 0.15) is 25.3 Å². The second-order valence-electron chi connectivity index (χ2n) is 5.34. The number of rotatable bonds is 4. The van der Waals surface area contributed by atoms with Gasteiger partial charge in [0.1, 0.15) is 5.69 Å². The van der Waals surface area contributed by atoms with Gasteiger partial charge in [0.2, 0.25) is 0 Å². The van der Waals surface area contributed by atoms with Crippen molar-refractivity contribution in [3.63, 3.8) is 0 Å². The van der Waals surface area contributed by atoms with E-state index in [9.17, 15) is 10.1 Å². The zero-order valence-electron chi connectivity index (χ0n) is 11.6. The summed E-state index contributed by atoms with van der Waals surface area (Å²) in [7, 11) is 1.70. The maximum Gasteiger partial charge on any atom is 0.292 e. The molecule has 0 radical (unpaired) electrons. The molecule has 1 aliphatic rings. The number of piperidine rings is 1. The average Bonchev–Trinajstić information content (AvgIpc) is 2.38. The summed E-state index contributed by atoms with van der Waals surface area (Å²) in [6, 6.07) is 5.45. The van der Waals surface area contributed by atoms with Gasteiger partial charge >= 0.3 is 0 Å². The number of nitro groups is 1. The van der Waals surface area contributed by atoms with E-state index in [1.54, 1.807) is 19.2 Å². The molecule has 1 atom stereocenters. The van der Waals surface area contributed by atoms with E-state index >= 15 is 0 Å². The molecule has 1 aromatic rings. The topological polar surface area (TPSA) is 58.4 Å². The van der Waals surface area contributed by atoms with Crippen LogP contribution >= 0.6 is 0 Å². The Morgan fingerprint density at radius 2 is 2.32 bits per heavy atom. The van der Waals surface area contributed by atoms with Crippen molar-refractivity contribution in [1.82, 2.24) is 4.90 Å².